The Morgan fingerprint density at radius 3 is 2.12 bits per heavy atom. The van der Waals surface area contributed by atoms with Gasteiger partial charge >= 0.3 is 0 Å². The number of nitrogens with two attached hydrogens (primary N) is 1. The average molecular weight is 221 g/mol. The summed E-state index contributed by atoms with van der Waals surface area (Å²) >= 11 is 0. The lowest BCUT2D eigenvalue weighted by Crippen LogP contribution is -2.11. The summed E-state index contributed by atoms with van der Waals surface area (Å²) < 4.78 is 0. The van der Waals surface area contributed by atoms with Gasteiger partial charge in [0.15, 0.2) is 0 Å². The van der Waals surface area contributed by atoms with E-state index in [0.29, 0.717) is 5.56 Å². The highest BCUT2D eigenvalue weighted by atomic mass is 16.1. The van der Waals surface area contributed by atoms with E-state index in [9.17, 15) is 4.79 Å². The third-order valence-corrected chi connectivity index (χ3v) is 3.03. The van der Waals surface area contributed by atoms with Crippen molar-refractivity contribution in [2.45, 2.75) is 0 Å². The van der Waals surface area contributed by atoms with Gasteiger partial charge in [-0.1, -0.05) is 48.5 Å². The van der Waals surface area contributed by atoms with E-state index in [-0.39, 0.29) is 5.91 Å². The molecule has 3 aromatic carbocycles. The second-order valence-electron chi connectivity index (χ2n) is 4.06. The highest BCUT2D eigenvalue weighted by molar-refractivity contribution is 6.16. The Hall–Kier alpha value is -2.35. The minimum absolute atomic E-state index is 0.382. The zero-order valence-corrected chi connectivity index (χ0v) is 9.18. The molecule has 0 saturated carbocycles. The number of carbonyl (C=O) groups excluding carboxylic acids is 1. The van der Waals surface area contributed by atoms with Crippen molar-refractivity contribution in [1.82, 2.24) is 0 Å². The van der Waals surface area contributed by atoms with Crippen LogP contribution in [0.1, 0.15) is 10.4 Å². The molecule has 0 aromatic heterocycles. The van der Waals surface area contributed by atoms with Gasteiger partial charge in [-0.25, -0.2) is 0 Å². The predicted octanol–water partition coefficient (Wildman–Crippen LogP) is 3.09. The van der Waals surface area contributed by atoms with Gasteiger partial charge in [0, 0.05) is 5.56 Å². The van der Waals surface area contributed by atoms with E-state index in [4.69, 9.17) is 5.73 Å². The van der Waals surface area contributed by atoms with Crippen LogP contribution in [-0.2, 0) is 0 Å². The highest BCUT2D eigenvalue weighted by Gasteiger charge is 2.09. The van der Waals surface area contributed by atoms with E-state index in [0.717, 1.165) is 21.5 Å². The number of fused-ring (bicyclic) bond motifs is 3. The fraction of sp³-hybridized carbons (Fsp3) is 0. The van der Waals surface area contributed by atoms with Gasteiger partial charge in [-0.05, 0) is 27.6 Å². The number of primary amides is 1. The molecule has 2 heteroatoms. The zero-order chi connectivity index (χ0) is 11.8. The molecule has 0 fully saturated rings. The maximum atomic E-state index is 11.5. The number of amides is 1. The molecule has 2 nitrogen and oxygen atoms in total. The van der Waals surface area contributed by atoms with Crippen LogP contribution >= 0.6 is 0 Å². The maximum absolute atomic E-state index is 11.5. The number of carbonyl (C=O) groups is 1. The van der Waals surface area contributed by atoms with Gasteiger partial charge in [0.1, 0.15) is 0 Å². The van der Waals surface area contributed by atoms with Crippen LogP contribution in [0.2, 0.25) is 0 Å². The van der Waals surface area contributed by atoms with Crippen LogP contribution in [0.4, 0.5) is 0 Å². The number of benzene rings is 3. The Kier molecular flexibility index (Phi) is 2.08. The summed E-state index contributed by atoms with van der Waals surface area (Å²) in [6, 6.07) is 17.7. The summed E-state index contributed by atoms with van der Waals surface area (Å²) in [5.41, 5.74) is 6.01. The van der Waals surface area contributed by atoms with Crippen LogP contribution in [0.25, 0.3) is 21.5 Å². The Morgan fingerprint density at radius 2 is 1.41 bits per heavy atom. The minimum Gasteiger partial charge on any atom is -0.366 e. The van der Waals surface area contributed by atoms with Gasteiger partial charge in [0.25, 0.3) is 0 Å². The largest absolute Gasteiger partial charge is 0.366 e. The topological polar surface area (TPSA) is 43.1 Å². The molecule has 0 heterocycles. The van der Waals surface area contributed by atoms with E-state index in [2.05, 4.69) is 6.07 Å². The molecule has 0 aliphatic carbocycles. The lowest BCUT2D eigenvalue weighted by atomic mass is 9.97. The van der Waals surface area contributed by atoms with Gasteiger partial charge in [0.2, 0.25) is 5.91 Å². The Morgan fingerprint density at radius 1 is 0.824 bits per heavy atom. The van der Waals surface area contributed by atoms with Crippen LogP contribution in [0.5, 0.6) is 0 Å². The molecule has 0 unspecified atom stereocenters. The van der Waals surface area contributed by atoms with Crippen LogP contribution in [0.15, 0.2) is 54.6 Å². The second kappa shape index (κ2) is 3.59. The summed E-state index contributed by atoms with van der Waals surface area (Å²) in [7, 11) is 0. The van der Waals surface area contributed by atoms with Crippen LogP contribution in [0.3, 0.4) is 0 Å². The molecular weight excluding hydrogens is 210 g/mol. The monoisotopic (exact) mass is 221 g/mol. The Labute approximate surface area is 98.7 Å². The molecule has 0 atom stereocenters. The lowest BCUT2D eigenvalue weighted by molar-refractivity contribution is 0.100. The van der Waals surface area contributed by atoms with Crippen molar-refractivity contribution >= 4 is 27.5 Å². The van der Waals surface area contributed by atoms with Crippen molar-refractivity contribution in [3.63, 3.8) is 0 Å². The molecule has 0 saturated heterocycles. The molecule has 17 heavy (non-hydrogen) atoms. The molecule has 0 spiro atoms. The number of hydrogen-bond acceptors (Lipinski definition) is 1. The van der Waals surface area contributed by atoms with Crippen LogP contribution in [0, 0.1) is 0 Å². The van der Waals surface area contributed by atoms with Crippen molar-refractivity contribution in [3.8, 4) is 0 Å². The van der Waals surface area contributed by atoms with E-state index in [1.165, 1.54) is 0 Å². The summed E-state index contributed by atoms with van der Waals surface area (Å²) in [4.78, 5) is 11.5. The van der Waals surface area contributed by atoms with Gasteiger partial charge in [-0.2, -0.15) is 0 Å². The standard InChI is InChI=1S/C15H11NO/c16-15(17)14-9-10-5-1-2-6-11(10)12-7-3-4-8-13(12)14/h1-9H,(H2,16,17). The zero-order valence-electron chi connectivity index (χ0n) is 9.18. The molecule has 2 N–H and O–H groups in total. The van der Waals surface area contributed by atoms with E-state index in [1.54, 1.807) is 0 Å². The first-order chi connectivity index (χ1) is 8.27. The first-order valence-corrected chi connectivity index (χ1v) is 5.47. The van der Waals surface area contributed by atoms with Gasteiger partial charge in [0.05, 0.1) is 0 Å². The molecule has 3 aromatic rings. The molecular formula is C15H11NO. The molecule has 0 aliphatic heterocycles. The van der Waals surface area contributed by atoms with Crippen molar-refractivity contribution in [2.24, 2.45) is 5.73 Å². The van der Waals surface area contributed by atoms with Crippen molar-refractivity contribution in [3.05, 3.63) is 60.2 Å². The van der Waals surface area contributed by atoms with E-state index < -0.39 is 0 Å². The summed E-state index contributed by atoms with van der Waals surface area (Å²) in [6.07, 6.45) is 0. The quantitative estimate of drug-likeness (QED) is 0.630. The first kappa shape index (κ1) is 9.85. The molecule has 0 bridgehead atoms. The van der Waals surface area contributed by atoms with Gasteiger partial charge < -0.3 is 5.73 Å². The molecule has 1 amide bonds. The smallest absolute Gasteiger partial charge is 0.249 e. The minimum atomic E-state index is -0.382. The third kappa shape index (κ3) is 1.46. The predicted molar refractivity (Wildman–Crippen MR) is 70.0 cm³/mol. The van der Waals surface area contributed by atoms with Crippen molar-refractivity contribution < 1.29 is 4.79 Å². The number of rotatable bonds is 1. The fourth-order valence-corrected chi connectivity index (χ4v) is 2.26. The van der Waals surface area contributed by atoms with Gasteiger partial charge in [-0.15, -0.1) is 0 Å². The molecule has 0 aliphatic rings. The van der Waals surface area contributed by atoms with E-state index >= 15 is 0 Å². The average Bonchev–Trinajstić information content (AvgIpc) is 2.37. The number of hydrogen-bond donors (Lipinski definition) is 1. The highest BCUT2D eigenvalue weighted by Crippen LogP contribution is 2.28. The molecule has 82 valence electrons. The Bertz CT molecular complexity index is 731. The normalized spacial score (nSPS) is 10.8. The molecule has 3 rings (SSSR count). The molecule has 0 radical (unpaired) electrons. The van der Waals surface area contributed by atoms with Gasteiger partial charge in [-0.3, -0.25) is 4.79 Å². The summed E-state index contributed by atoms with van der Waals surface area (Å²) in [5, 5.41) is 4.17. The van der Waals surface area contributed by atoms with E-state index in [1.807, 2.05) is 48.5 Å². The Balaban J connectivity index is 2.59. The lowest BCUT2D eigenvalue weighted by Gasteiger charge is -2.07. The second-order valence-corrected chi connectivity index (χ2v) is 4.06. The fourth-order valence-electron chi connectivity index (χ4n) is 2.26. The van der Waals surface area contributed by atoms with Crippen molar-refractivity contribution in [1.29, 1.82) is 0 Å². The van der Waals surface area contributed by atoms with Crippen LogP contribution in [-0.4, -0.2) is 5.91 Å². The third-order valence-electron chi connectivity index (χ3n) is 3.03. The van der Waals surface area contributed by atoms with Crippen LogP contribution < -0.4 is 5.73 Å². The summed E-state index contributed by atoms with van der Waals surface area (Å²) in [5.74, 6) is -0.382. The maximum Gasteiger partial charge on any atom is 0.249 e. The first-order valence-electron chi connectivity index (χ1n) is 5.47. The summed E-state index contributed by atoms with van der Waals surface area (Å²) in [6.45, 7) is 0. The van der Waals surface area contributed by atoms with Crippen molar-refractivity contribution in [2.75, 3.05) is 0 Å². The SMILES string of the molecule is NC(=O)c1cc2ccccc2c2ccccc12.